The predicted molar refractivity (Wildman–Crippen MR) is 77.1 cm³/mol. The van der Waals surface area contributed by atoms with E-state index in [1.54, 1.807) is 22.7 Å². The molecule has 0 spiro atoms. The lowest BCUT2D eigenvalue weighted by molar-refractivity contribution is 1.49. The van der Waals surface area contributed by atoms with Crippen LogP contribution in [-0.4, -0.2) is 4.98 Å². The monoisotopic (exact) mass is 280 g/mol. The number of hydrogen-bond acceptors (Lipinski definition) is 4. The molecule has 0 aliphatic carbocycles. The molecule has 2 nitrogen and oxygen atoms in total. The summed E-state index contributed by atoms with van der Waals surface area (Å²) in [5.74, 6) is 0. The van der Waals surface area contributed by atoms with Crippen LogP contribution in [0.5, 0.6) is 0 Å². The summed E-state index contributed by atoms with van der Waals surface area (Å²) >= 11 is 9.24. The summed E-state index contributed by atoms with van der Waals surface area (Å²) in [6, 6.07) is 5.76. The van der Waals surface area contributed by atoms with E-state index in [0.29, 0.717) is 5.02 Å². The van der Waals surface area contributed by atoms with Crippen LogP contribution in [0.15, 0.2) is 23.6 Å². The van der Waals surface area contributed by atoms with Crippen molar-refractivity contribution in [3.05, 3.63) is 34.2 Å². The lowest BCUT2D eigenvalue weighted by atomic mass is 10.3. The van der Waals surface area contributed by atoms with Crippen LogP contribution in [0.2, 0.25) is 5.02 Å². The summed E-state index contributed by atoms with van der Waals surface area (Å²) in [5.41, 5.74) is 8.92. The number of aromatic nitrogens is 1. The first kappa shape index (κ1) is 11.0. The topological polar surface area (TPSA) is 38.9 Å². The molecule has 0 saturated heterocycles. The molecule has 0 unspecified atom stereocenters. The Balaban J connectivity index is 2.21. The van der Waals surface area contributed by atoms with Crippen LogP contribution in [0, 0.1) is 6.92 Å². The van der Waals surface area contributed by atoms with E-state index in [2.05, 4.69) is 10.4 Å². The Bertz CT molecular complexity index is 700. The Kier molecular flexibility index (Phi) is 2.58. The minimum absolute atomic E-state index is 0.713. The minimum atomic E-state index is 0.713. The SMILES string of the molecule is Cc1csc(-c2nc3cc(Cl)ccc3s2)c1N. The lowest BCUT2D eigenvalue weighted by Crippen LogP contribution is -1.86. The molecule has 0 atom stereocenters. The fraction of sp³-hybridized carbons (Fsp3) is 0.0833. The minimum Gasteiger partial charge on any atom is -0.397 e. The largest absolute Gasteiger partial charge is 0.397 e. The molecular formula is C12H9ClN2S2. The molecule has 3 rings (SSSR count). The summed E-state index contributed by atoms with van der Waals surface area (Å²) in [6.07, 6.45) is 0. The van der Waals surface area contributed by atoms with Gasteiger partial charge in [-0.3, -0.25) is 0 Å². The Labute approximate surface area is 112 Å². The Morgan fingerprint density at radius 1 is 1.35 bits per heavy atom. The van der Waals surface area contributed by atoms with Crippen LogP contribution in [0.3, 0.4) is 0 Å². The van der Waals surface area contributed by atoms with E-state index in [1.165, 1.54) is 0 Å². The van der Waals surface area contributed by atoms with Crippen molar-refractivity contribution in [2.45, 2.75) is 6.92 Å². The number of nitrogens with zero attached hydrogens (tertiary/aromatic N) is 1. The third-order valence-corrected chi connectivity index (χ3v) is 5.11. The predicted octanol–water partition coefficient (Wildman–Crippen LogP) is 4.57. The summed E-state index contributed by atoms with van der Waals surface area (Å²) < 4.78 is 1.13. The quantitative estimate of drug-likeness (QED) is 0.709. The summed E-state index contributed by atoms with van der Waals surface area (Å²) in [4.78, 5) is 5.64. The number of thiazole rings is 1. The summed E-state index contributed by atoms with van der Waals surface area (Å²) in [7, 11) is 0. The average Bonchev–Trinajstić information content (AvgIpc) is 2.83. The highest BCUT2D eigenvalue weighted by atomic mass is 35.5. The number of benzene rings is 1. The van der Waals surface area contributed by atoms with Crippen LogP contribution in [0.25, 0.3) is 20.1 Å². The zero-order valence-electron chi connectivity index (χ0n) is 9.03. The summed E-state index contributed by atoms with van der Waals surface area (Å²) in [6.45, 7) is 2.01. The molecule has 0 aliphatic heterocycles. The maximum absolute atomic E-state index is 6.04. The van der Waals surface area contributed by atoms with E-state index in [4.69, 9.17) is 17.3 Å². The molecular weight excluding hydrogens is 272 g/mol. The molecule has 17 heavy (non-hydrogen) atoms. The highest BCUT2D eigenvalue weighted by Crippen LogP contribution is 2.39. The highest BCUT2D eigenvalue weighted by molar-refractivity contribution is 7.25. The number of nitrogen functional groups attached to an aromatic ring is 1. The molecule has 0 amide bonds. The van der Waals surface area contributed by atoms with Gasteiger partial charge in [-0.15, -0.1) is 22.7 Å². The molecule has 2 heterocycles. The Morgan fingerprint density at radius 2 is 2.18 bits per heavy atom. The third kappa shape index (κ3) is 1.82. The van der Waals surface area contributed by atoms with E-state index in [-0.39, 0.29) is 0 Å². The molecule has 1 aromatic carbocycles. The van der Waals surface area contributed by atoms with E-state index in [9.17, 15) is 0 Å². The van der Waals surface area contributed by atoms with Crippen molar-refractivity contribution in [2.75, 3.05) is 5.73 Å². The fourth-order valence-electron chi connectivity index (χ4n) is 1.62. The van der Waals surface area contributed by atoms with Crippen molar-refractivity contribution in [1.29, 1.82) is 0 Å². The van der Waals surface area contributed by atoms with Gasteiger partial charge in [0, 0.05) is 5.02 Å². The van der Waals surface area contributed by atoms with E-state index in [0.717, 1.165) is 31.4 Å². The van der Waals surface area contributed by atoms with Crippen molar-refractivity contribution >= 4 is 50.2 Å². The third-order valence-electron chi connectivity index (χ3n) is 2.57. The van der Waals surface area contributed by atoms with Gasteiger partial charge in [-0.25, -0.2) is 4.98 Å². The fourth-order valence-corrected chi connectivity index (χ4v) is 3.81. The Morgan fingerprint density at radius 3 is 2.88 bits per heavy atom. The number of rotatable bonds is 1. The molecule has 3 aromatic rings. The van der Waals surface area contributed by atoms with Crippen LogP contribution in [0.4, 0.5) is 5.69 Å². The summed E-state index contributed by atoms with van der Waals surface area (Å²) in [5, 5.41) is 3.74. The van der Waals surface area contributed by atoms with Crippen molar-refractivity contribution in [3.63, 3.8) is 0 Å². The molecule has 86 valence electrons. The van der Waals surface area contributed by atoms with Crippen molar-refractivity contribution in [1.82, 2.24) is 4.98 Å². The normalized spacial score (nSPS) is 11.2. The van der Waals surface area contributed by atoms with Crippen molar-refractivity contribution in [3.8, 4) is 9.88 Å². The van der Waals surface area contributed by atoms with Gasteiger partial charge in [-0.05, 0) is 36.1 Å². The number of halogens is 1. The molecule has 5 heteroatoms. The average molecular weight is 281 g/mol. The van der Waals surface area contributed by atoms with Gasteiger partial charge in [0.2, 0.25) is 0 Å². The van der Waals surface area contributed by atoms with Gasteiger partial charge >= 0.3 is 0 Å². The van der Waals surface area contributed by atoms with Gasteiger partial charge < -0.3 is 5.73 Å². The van der Waals surface area contributed by atoms with Crippen LogP contribution < -0.4 is 5.73 Å². The number of aryl methyl sites for hydroxylation is 1. The first-order chi connectivity index (χ1) is 8.15. The van der Waals surface area contributed by atoms with Gasteiger partial charge in [0.05, 0.1) is 20.8 Å². The second kappa shape index (κ2) is 3.98. The number of nitrogens with two attached hydrogens (primary N) is 1. The molecule has 2 N–H and O–H groups in total. The van der Waals surface area contributed by atoms with Crippen LogP contribution >= 0.6 is 34.3 Å². The van der Waals surface area contributed by atoms with Crippen LogP contribution in [-0.2, 0) is 0 Å². The smallest absolute Gasteiger partial charge is 0.136 e. The molecule has 2 aromatic heterocycles. The number of fused-ring (bicyclic) bond motifs is 1. The second-order valence-corrected chi connectivity index (χ2v) is 6.14. The maximum Gasteiger partial charge on any atom is 0.136 e. The molecule has 0 saturated carbocycles. The zero-order valence-corrected chi connectivity index (χ0v) is 11.4. The van der Waals surface area contributed by atoms with Crippen molar-refractivity contribution < 1.29 is 0 Å². The van der Waals surface area contributed by atoms with Crippen LogP contribution in [0.1, 0.15) is 5.56 Å². The van der Waals surface area contributed by atoms with Crippen molar-refractivity contribution in [2.24, 2.45) is 0 Å². The van der Waals surface area contributed by atoms with Gasteiger partial charge in [0.1, 0.15) is 5.01 Å². The Hall–Kier alpha value is -1.10. The molecule has 0 bridgehead atoms. The molecule has 0 aliphatic rings. The number of thiophene rings is 1. The number of hydrogen-bond donors (Lipinski definition) is 1. The maximum atomic E-state index is 6.04. The first-order valence-electron chi connectivity index (χ1n) is 5.05. The molecule has 0 fully saturated rings. The number of anilines is 1. The standard InChI is InChI=1S/C12H9ClN2S2/c1-6-5-16-11(10(6)14)12-15-8-4-7(13)2-3-9(8)17-12/h2-5H,14H2,1H3. The zero-order chi connectivity index (χ0) is 12.0. The second-order valence-electron chi connectivity index (χ2n) is 3.79. The van der Waals surface area contributed by atoms with Gasteiger partial charge in [-0.1, -0.05) is 11.6 Å². The first-order valence-corrected chi connectivity index (χ1v) is 7.12. The molecule has 0 radical (unpaired) electrons. The highest BCUT2D eigenvalue weighted by Gasteiger charge is 2.12. The van der Waals surface area contributed by atoms with Gasteiger partial charge in [0.15, 0.2) is 0 Å². The van der Waals surface area contributed by atoms with Gasteiger partial charge in [-0.2, -0.15) is 0 Å². The van der Waals surface area contributed by atoms with Gasteiger partial charge in [0.25, 0.3) is 0 Å². The van der Waals surface area contributed by atoms with E-state index in [1.807, 2.05) is 25.1 Å². The van der Waals surface area contributed by atoms with E-state index >= 15 is 0 Å². The van der Waals surface area contributed by atoms with E-state index < -0.39 is 0 Å². The lowest BCUT2D eigenvalue weighted by Gasteiger charge is -1.93.